The molecular formula is C19H20N4O2. The summed E-state index contributed by atoms with van der Waals surface area (Å²) in [5.41, 5.74) is 4.52. The molecule has 128 valence electrons. The molecule has 0 amide bonds. The lowest BCUT2D eigenvalue weighted by Crippen LogP contribution is -2.39. The number of nitrogens with zero attached hydrogens (tertiary/aromatic N) is 4. The number of anilines is 2. The van der Waals surface area contributed by atoms with Crippen LogP contribution in [-0.4, -0.2) is 33.8 Å². The average molecular weight is 336 g/mol. The highest BCUT2D eigenvalue weighted by atomic mass is 16.5. The zero-order valence-corrected chi connectivity index (χ0v) is 14.0. The number of hydrogen-bond acceptors (Lipinski definition) is 5. The molecule has 0 saturated heterocycles. The van der Waals surface area contributed by atoms with Gasteiger partial charge in [0, 0.05) is 18.8 Å². The Hall–Kier alpha value is -2.99. The topological polar surface area (TPSA) is 53.8 Å². The minimum Gasteiger partial charge on any atom is -0.497 e. The Morgan fingerprint density at radius 2 is 1.92 bits per heavy atom. The predicted octanol–water partition coefficient (Wildman–Crippen LogP) is 3.24. The van der Waals surface area contributed by atoms with Crippen molar-refractivity contribution in [3.05, 3.63) is 72.1 Å². The third-order valence-corrected chi connectivity index (χ3v) is 4.45. The van der Waals surface area contributed by atoms with Crippen molar-refractivity contribution in [1.82, 2.24) is 14.8 Å². The predicted molar refractivity (Wildman–Crippen MR) is 95.1 cm³/mol. The van der Waals surface area contributed by atoms with Crippen LogP contribution in [-0.2, 0) is 13.1 Å². The Bertz CT molecular complexity index is 860. The molecule has 1 N–H and O–H groups in total. The Balaban J connectivity index is 1.60. The molecule has 4 rings (SSSR count). The van der Waals surface area contributed by atoms with Crippen molar-refractivity contribution < 1.29 is 9.94 Å². The van der Waals surface area contributed by atoms with Gasteiger partial charge in [0.2, 0.25) is 0 Å². The van der Waals surface area contributed by atoms with E-state index in [1.165, 1.54) is 11.1 Å². The quantitative estimate of drug-likeness (QED) is 0.741. The van der Waals surface area contributed by atoms with Gasteiger partial charge in [-0.15, -0.1) is 9.94 Å². The van der Waals surface area contributed by atoms with E-state index in [1.807, 2.05) is 18.2 Å². The van der Waals surface area contributed by atoms with E-state index in [0.717, 1.165) is 41.7 Å². The first-order valence-corrected chi connectivity index (χ1v) is 8.17. The van der Waals surface area contributed by atoms with E-state index in [-0.39, 0.29) is 0 Å². The molecule has 0 radical (unpaired) electrons. The fourth-order valence-electron chi connectivity index (χ4n) is 3.23. The summed E-state index contributed by atoms with van der Waals surface area (Å²) in [5, 5.41) is 13.4. The molecule has 2 aromatic carbocycles. The van der Waals surface area contributed by atoms with Gasteiger partial charge in [-0.3, -0.25) is 4.90 Å². The van der Waals surface area contributed by atoms with Crippen LogP contribution in [0.5, 0.6) is 5.75 Å². The van der Waals surface area contributed by atoms with Crippen LogP contribution in [0.15, 0.2) is 60.9 Å². The van der Waals surface area contributed by atoms with Crippen LogP contribution in [0.25, 0.3) is 0 Å². The maximum atomic E-state index is 9.54. The number of methoxy groups -OCH3 is 1. The third-order valence-electron chi connectivity index (χ3n) is 4.45. The van der Waals surface area contributed by atoms with Gasteiger partial charge in [0.05, 0.1) is 31.9 Å². The molecule has 6 nitrogen and oxygen atoms in total. The second-order valence-electron chi connectivity index (χ2n) is 6.15. The number of rotatable bonds is 4. The molecule has 0 saturated carbocycles. The van der Waals surface area contributed by atoms with Crippen LogP contribution >= 0.6 is 0 Å². The first-order chi connectivity index (χ1) is 12.2. The average Bonchev–Trinajstić information content (AvgIpc) is 3.08. The minimum atomic E-state index is 0.731. The van der Waals surface area contributed by atoms with Gasteiger partial charge in [-0.25, -0.2) is 0 Å². The second-order valence-corrected chi connectivity index (χ2v) is 6.15. The molecule has 1 aromatic heterocycles. The van der Waals surface area contributed by atoms with Crippen molar-refractivity contribution in [2.24, 2.45) is 0 Å². The highest BCUT2D eigenvalue weighted by molar-refractivity contribution is 5.66. The summed E-state index contributed by atoms with van der Waals surface area (Å²) in [4.78, 5) is 5.38. The number of hydrogen-bond donors (Lipinski definition) is 1. The highest BCUT2D eigenvalue weighted by Gasteiger charge is 2.24. The first-order valence-electron chi connectivity index (χ1n) is 8.17. The van der Waals surface area contributed by atoms with Crippen molar-refractivity contribution in [3.63, 3.8) is 0 Å². The monoisotopic (exact) mass is 336 g/mol. The maximum absolute atomic E-state index is 9.54. The lowest BCUT2D eigenvalue weighted by molar-refractivity contribution is 0.149. The van der Waals surface area contributed by atoms with Gasteiger partial charge in [-0.2, -0.15) is 0 Å². The van der Waals surface area contributed by atoms with E-state index >= 15 is 0 Å². The summed E-state index contributed by atoms with van der Waals surface area (Å²) in [6.45, 7) is 2.45. The highest BCUT2D eigenvalue weighted by Crippen LogP contribution is 2.33. The van der Waals surface area contributed by atoms with E-state index in [4.69, 9.17) is 4.74 Å². The van der Waals surface area contributed by atoms with Gasteiger partial charge in [-0.1, -0.05) is 30.3 Å². The summed E-state index contributed by atoms with van der Waals surface area (Å²) in [6, 6.07) is 16.5. The Morgan fingerprint density at radius 3 is 2.64 bits per heavy atom. The van der Waals surface area contributed by atoms with Crippen LogP contribution in [0.2, 0.25) is 0 Å². The molecule has 0 fully saturated rings. The fraction of sp³-hybridized carbons (Fsp3) is 0.211. The van der Waals surface area contributed by atoms with Crippen LogP contribution < -0.4 is 9.64 Å². The molecule has 0 atom stereocenters. The molecule has 1 aliphatic rings. The van der Waals surface area contributed by atoms with Crippen molar-refractivity contribution in [1.29, 1.82) is 0 Å². The summed E-state index contributed by atoms with van der Waals surface area (Å²) in [6.07, 6.45) is 3.29. The summed E-state index contributed by atoms with van der Waals surface area (Å²) >= 11 is 0. The second kappa shape index (κ2) is 6.49. The molecule has 3 aromatic rings. The van der Waals surface area contributed by atoms with Gasteiger partial charge in [-0.05, 0) is 29.3 Å². The normalized spacial score (nSPS) is 14.4. The lowest BCUT2D eigenvalue weighted by atomic mass is 10.1. The van der Waals surface area contributed by atoms with Crippen molar-refractivity contribution >= 4 is 11.4 Å². The zero-order valence-electron chi connectivity index (χ0n) is 14.0. The van der Waals surface area contributed by atoms with E-state index in [0.29, 0.717) is 0 Å². The molecule has 25 heavy (non-hydrogen) atoms. The largest absolute Gasteiger partial charge is 0.497 e. The van der Waals surface area contributed by atoms with Crippen molar-refractivity contribution in [2.45, 2.75) is 13.1 Å². The molecule has 0 bridgehead atoms. The van der Waals surface area contributed by atoms with Gasteiger partial charge < -0.3 is 14.8 Å². The fourth-order valence-corrected chi connectivity index (χ4v) is 3.23. The SMILES string of the molecule is COc1ccc(CN2Cc3ccccc3N(c3cnn(O)c3)C2)cc1. The smallest absolute Gasteiger partial charge is 0.118 e. The van der Waals surface area contributed by atoms with Gasteiger partial charge in [0.25, 0.3) is 0 Å². The Labute approximate surface area is 146 Å². The van der Waals surface area contributed by atoms with Gasteiger partial charge in [0.15, 0.2) is 0 Å². The third kappa shape index (κ3) is 3.16. The van der Waals surface area contributed by atoms with Crippen molar-refractivity contribution in [3.8, 4) is 5.75 Å². The molecule has 0 spiro atoms. The summed E-state index contributed by atoms with van der Waals surface area (Å²) in [5.74, 6) is 0.865. The lowest BCUT2D eigenvalue weighted by Gasteiger charge is -2.37. The van der Waals surface area contributed by atoms with E-state index in [1.54, 1.807) is 19.5 Å². The van der Waals surface area contributed by atoms with Gasteiger partial charge in [0.1, 0.15) is 5.75 Å². The van der Waals surface area contributed by atoms with Crippen LogP contribution in [0, 0.1) is 0 Å². The van der Waals surface area contributed by atoms with Crippen molar-refractivity contribution in [2.75, 3.05) is 18.7 Å². The van der Waals surface area contributed by atoms with Crippen LogP contribution in [0.3, 0.4) is 0 Å². The van der Waals surface area contributed by atoms with E-state index in [2.05, 4.69) is 45.2 Å². The first kappa shape index (κ1) is 15.5. The Kier molecular flexibility index (Phi) is 4.03. The standard InChI is InChI=1S/C19H20N4O2/c1-25-18-8-6-15(7-9-18)11-21-12-16-4-2-3-5-19(16)22(14-21)17-10-20-23(24)13-17/h2-10,13,24H,11-12,14H2,1H3. The van der Waals surface area contributed by atoms with E-state index < -0.39 is 0 Å². The minimum absolute atomic E-state index is 0.731. The molecular weight excluding hydrogens is 316 g/mol. The number of benzene rings is 2. The molecule has 1 aliphatic heterocycles. The number of para-hydroxylation sites is 1. The number of fused-ring (bicyclic) bond motifs is 1. The molecule has 6 heteroatoms. The maximum Gasteiger partial charge on any atom is 0.118 e. The van der Waals surface area contributed by atoms with Gasteiger partial charge >= 0.3 is 0 Å². The zero-order chi connectivity index (χ0) is 17.2. The molecule has 0 aliphatic carbocycles. The number of ether oxygens (including phenoxy) is 1. The Morgan fingerprint density at radius 1 is 1.12 bits per heavy atom. The summed E-state index contributed by atoms with van der Waals surface area (Å²) in [7, 11) is 1.68. The molecule has 2 heterocycles. The number of aromatic nitrogens is 2. The van der Waals surface area contributed by atoms with E-state index in [9.17, 15) is 5.21 Å². The van der Waals surface area contributed by atoms with Crippen LogP contribution in [0.4, 0.5) is 11.4 Å². The summed E-state index contributed by atoms with van der Waals surface area (Å²) < 4.78 is 5.23. The van der Waals surface area contributed by atoms with Crippen LogP contribution in [0.1, 0.15) is 11.1 Å². The molecule has 0 unspecified atom stereocenters.